The fourth-order valence-electron chi connectivity index (χ4n) is 5.03. The molecule has 0 saturated heterocycles. The summed E-state index contributed by atoms with van der Waals surface area (Å²) in [6.45, 7) is 9.33. The van der Waals surface area contributed by atoms with Crippen LogP contribution in [0, 0.1) is 0 Å². The molecule has 0 radical (unpaired) electrons. The third-order valence-electron chi connectivity index (χ3n) is 6.79. The van der Waals surface area contributed by atoms with Gasteiger partial charge < -0.3 is 19.1 Å². The molecule has 1 atom stereocenters. The first-order valence-electron chi connectivity index (χ1n) is 11.8. The molecule has 0 spiro atoms. The largest absolute Gasteiger partial charge is 0.458 e. The monoisotopic (exact) mass is 476 g/mol. The lowest BCUT2D eigenvalue weighted by atomic mass is 9.86. The number of ether oxygens (including phenoxy) is 2. The highest BCUT2D eigenvalue weighted by Gasteiger charge is 2.45. The molecule has 2 aliphatic heterocycles. The minimum absolute atomic E-state index is 0.0907. The number of aryl methyl sites for hydroxylation is 1. The van der Waals surface area contributed by atoms with Crippen LogP contribution in [0.3, 0.4) is 0 Å². The minimum atomic E-state index is -1.86. The molecule has 2 aromatic heterocycles. The zero-order valence-corrected chi connectivity index (χ0v) is 20.5. The number of hydrogen-bond acceptors (Lipinski definition) is 7. The first-order valence-corrected chi connectivity index (χ1v) is 11.8. The van der Waals surface area contributed by atoms with Gasteiger partial charge in [-0.2, -0.15) is 0 Å². The Hall–Kier alpha value is -3.52. The summed E-state index contributed by atoms with van der Waals surface area (Å²) >= 11 is 0. The number of nitrogens with zero attached hydrogens (tertiary/aromatic N) is 2. The maximum Gasteiger partial charge on any atom is 0.343 e. The molecule has 5 rings (SSSR count). The van der Waals surface area contributed by atoms with E-state index >= 15 is 0 Å². The first-order chi connectivity index (χ1) is 16.5. The fraction of sp³-hybridized carbons (Fsp3) is 0.407. The van der Waals surface area contributed by atoms with Crippen molar-refractivity contribution in [1.29, 1.82) is 0 Å². The summed E-state index contributed by atoms with van der Waals surface area (Å²) < 4.78 is 12.3. The zero-order chi connectivity index (χ0) is 25.3. The van der Waals surface area contributed by atoms with E-state index in [-0.39, 0.29) is 18.6 Å². The summed E-state index contributed by atoms with van der Waals surface area (Å²) in [5.74, 6) is -1.15. The van der Waals surface area contributed by atoms with Crippen molar-refractivity contribution in [3.8, 4) is 11.4 Å². The third-order valence-corrected chi connectivity index (χ3v) is 6.79. The van der Waals surface area contributed by atoms with E-state index in [4.69, 9.17) is 14.5 Å². The Morgan fingerprint density at radius 1 is 1.20 bits per heavy atom. The summed E-state index contributed by atoms with van der Waals surface area (Å²) in [5, 5.41) is 11.9. The van der Waals surface area contributed by atoms with Gasteiger partial charge in [0, 0.05) is 16.5 Å². The van der Waals surface area contributed by atoms with Crippen LogP contribution in [-0.2, 0) is 39.4 Å². The van der Waals surface area contributed by atoms with Crippen LogP contribution in [0.5, 0.6) is 0 Å². The van der Waals surface area contributed by atoms with E-state index in [1.165, 1.54) is 0 Å². The van der Waals surface area contributed by atoms with Gasteiger partial charge >= 0.3 is 11.9 Å². The second-order valence-corrected chi connectivity index (χ2v) is 10.1. The van der Waals surface area contributed by atoms with Gasteiger partial charge in [-0.05, 0) is 63.4 Å². The standard InChI is InChI=1S/C27H28N2O6/c1-6-15-16-10-14(24(31)35-26(3,4)5)8-9-20(16)28-22-17(15)12-29-21(22)11-19-18(23(29)30)13-34-25(32)27(19,33)7-2/h8-11,33H,6-7,12-13H2,1-5H3. The van der Waals surface area contributed by atoms with Crippen molar-refractivity contribution in [3.05, 3.63) is 62.4 Å². The molecule has 0 fully saturated rings. The molecule has 1 unspecified atom stereocenters. The molecule has 182 valence electrons. The van der Waals surface area contributed by atoms with E-state index in [1.807, 2.05) is 27.7 Å². The van der Waals surface area contributed by atoms with Gasteiger partial charge in [0.25, 0.3) is 5.56 Å². The smallest absolute Gasteiger partial charge is 0.343 e. The average molecular weight is 477 g/mol. The van der Waals surface area contributed by atoms with E-state index in [9.17, 15) is 19.5 Å². The normalized spacial score (nSPS) is 18.6. The fourth-order valence-corrected chi connectivity index (χ4v) is 5.03. The molecule has 0 bridgehead atoms. The second kappa shape index (κ2) is 7.75. The van der Waals surface area contributed by atoms with Crippen LogP contribution >= 0.6 is 0 Å². The Morgan fingerprint density at radius 2 is 1.94 bits per heavy atom. The Balaban J connectivity index is 1.70. The van der Waals surface area contributed by atoms with Crippen molar-refractivity contribution >= 4 is 22.8 Å². The predicted molar refractivity (Wildman–Crippen MR) is 129 cm³/mol. The highest BCUT2D eigenvalue weighted by atomic mass is 16.6. The number of cyclic esters (lactones) is 1. The van der Waals surface area contributed by atoms with Gasteiger partial charge in [0.2, 0.25) is 0 Å². The lowest BCUT2D eigenvalue weighted by Gasteiger charge is -2.31. The number of aromatic nitrogens is 2. The molecule has 4 heterocycles. The number of esters is 2. The Kier molecular flexibility index (Phi) is 5.14. The van der Waals surface area contributed by atoms with Gasteiger partial charge in [0.15, 0.2) is 5.60 Å². The van der Waals surface area contributed by atoms with Crippen molar-refractivity contribution in [1.82, 2.24) is 9.55 Å². The van der Waals surface area contributed by atoms with Crippen molar-refractivity contribution in [2.45, 2.75) is 71.8 Å². The highest BCUT2D eigenvalue weighted by Crippen LogP contribution is 2.40. The predicted octanol–water partition coefficient (Wildman–Crippen LogP) is 3.60. The summed E-state index contributed by atoms with van der Waals surface area (Å²) in [7, 11) is 0. The number of carbonyl (C=O) groups is 2. The Morgan fingerprint density at radius 3 is 2.60 bits per heavy atom. The zero-order valence-electron chi connectivity index (χ0n) is 20.5. The lowest BCUT2D eigenvalue weighted by Crippen LogP contribution is -2.44. The molecular formula is C27H28N2O6. The molecule has 3 aromatic rings. The molecule has 0 saturated carbocycles. The molecule has 1 aromatic carbocycles. The van der Waals surface area contributed by atoms with E-state index < -0.39 is 23.1 Å². The summed E-state index contributed by atoms with van der Waals surface area (Å²) in [4.78, 5) is 43.3. The summed E-state index contributed by atoms with van der Waals surface area (Å²) in [6.07, 6.45) is 0.759. The molecule has 8 nitrogen and oxygen atoms in total. The molecular weight excluding hydrogens is 448 g/mol. The molecule has 35 heavy (non-hydrogen) atoms. The van der Waals surface area contributed by atoms with Crippen LogP contribution in [0.2, 0.25) is 0 Å². The maximum absolute atomic E-state index is 13.4. The van der Waals surface area contributed by atoms with E-state index in [0.29, 0.717) is 46.6 Å². The minimum Gasteiger partial charge on any atom is -0.458 e. The average Bonchev–Trinajstić information content (AvgIpc) is 3.17. The second-order valence-electron chi connectivity index (χ2n) is 10.1. The number of rotatable bonds is 3. The van der Waals surface area contributed by atoms with Gasteiger partial charge in [-0.25, -0.2) is 14.6 Å². The molecule has 2 aliphatic rings. The van der Waals surface area contributed by atoms with Crippen molar-refractivity contribution in [2.75, 3.05) is 0 Å². The van der Waals surface area contributed by atoms with Crippen molar-refractivity contribution in [2.24, 2.45) is 0 Å². The summed E-state index contributed by atoms with van der Waals surface area (Å²) in [6, 6.07) is 6.98. The van der Waals surface area contributed by atoms with Crippen molar-refractivity contribution in [3.63, 3.8) is 0 Å². The topological polar surface area (TPSA) is 108 Å². The lowest BCUT2D eigenvalue weighted by molar-refractivity contribution is -0.172. The molecule has 0 amide bonds. The molecule has 8 heteroatoms. The van der Waals surface area contributed by atoms with Gasteiger partial charge in [-0.3, -0.25) is 4.79 Å². The van der Waals surface area contributed by atoms with Gasteiger partial charge in [-0.1, -0.05) is 13.8 Å². The Labute approximate surface area is 202 Å². The SMILES string of the molecule is CCc1c2c(nc3ccc(C(=O)OC(C)(C)C)cc13)-c1cc3c(c(=O)n1C2)COC(=O)C3(O)CC. The van der Waals surface area contributed by atoms with Crippen LogP contribution in [0.1, 0.15) is 73.7 Å². The van der Waals surface area contributed by atoms with E-state index in [0.717, 1.165) is 16.5 Å². The van der Waals surface area contributed by atoms with Crippen molar-refractivity contribution < 1.29 is 24.2 Å². The number of aliphatic hydroxyl groups is 1. The number of pyridine rings is 2. The summed E-state index contributed by atoms with van der Waals surface area (Å²) in [5.41, 5.74) is 2.06. The van der Waals surface area contributed by atoms with Crippen LogP contribution in [-0.4, -0.2) is 32.2 Å². The van der Waals surface area contributed by atoms with E-state index in [2.05, 4.69) is 0 Å². The van der Waals surface area contributed by atoms with Gasteiger partial charge in [-0.15, -0.1) is 0 Å². The number of hydrogen-bond donors (Lipinski definition) is 1. The highest BCUT2D eigenvalue weighted by molar-refractivity contribution is 5.97. The molecule has 0 aliphatic carbocycles. The van der Waals surface area contributed by atoms with Crippen LogP contribution in [0.25, 0.3) is 22.3 Å². The van der Waals surface area contributed by atoms with Crippen LogP contribution < -0.4 is 5.56 Å². The van der Waals surface area contributed by atoms with Gasteiger partial charge in [0.05, 0.1) is 34.6 Å². The molecule has 1 N–H and O–H groups in total. The third kappa shape index (κ3) is 3.46. The maximum atomic E-state index is 13.4. The number of benzene rings is 1. The first kappa shape index (κ1) is 23.2. The Bertz CT molecular complexity index is 1480. The number of fused-ring (bicyclic) bond motifs is 5. The van der Waals surface area contributed by atoms with E-state index in [1.54, 1.807) is 35.8 Å². The quantitative estimate of drug-likeness (QED) is 0.450. The van der Waals surface area contributed by atoms with Gasteiger partial charge in [0.1, 0.15) is 12.2 Å². The van der Waals surface area contributed by atoms with Crippen LogP contribution in [0.15, 0.2) is 29.1 Å². The van der Waals surface area contributed by atoms with Crippen LogP contribution in [0.4, 0.5) is 0 Å². The number of carbonyl (C=O) groups excluding carboxylic acids is 2.